The van der Waals surface area contributed by atoms with E-state index in [0.717, 1.165) is 70.8 Å². The standard InChI is InChI=1S/C31H51N2O5/c1-4-5-12-20-29(28(34)19-13-10-8-6-7-9-11-14-21-30(35)37-3)38-31(36)25-33-23-15-17-26(24-33)27-18-16-22-32(27)2/h10,13,15,17,23-24,27-29,34H,4-9,11-12,14,16,18-22,25H2,1-3H3/q+1. The molecule has 0 aromatic carbocycles. The summed E-state index contributed by atoms with van der Waals surface area (Å²) in [5, 5.41) is 10.8. The van der Waals surface area contributed by atoms with Gasteiger partial charge in [0.25, 0.3) is 0 Å². The molecule has 3 unspecified atom stereocenters. The largest absolute Gasteiger partial charge is 0.469 e. The molecule has 38 heavy (non-hydrogen) atoms. The van der Waals surface area contributed by atoms with E-state index in [2.05, 4.69) is 41.9 Å². The molecule has 0 bridgehead atoms. The van der Waals surface area contributed by atoms with Crippen molar-refractivity contribution < 1.29 is 28.7 Å². The first-order valence-corrected chi connectivity index (χ1v) is 14.7. The monoisotopic (exact) mass is 531 g/mol. The lowest BCUT2D eigenvalue weighted by atomic mass is 10.0. The number of nitrogens with zero attached hydrogens (tertiary/aromatic N) is 2. The summed E-state index contributed by atoms with van der Waals surface area (Å²) in [5.41, 5.74) is 1.23. The van der Waals surface area contributed by atoms with Crippen molar-refractivity contribution in [3.05, 3.63) is 42.2 Å². The van der Waals surface area contributed by atoms with Crippen LogP contribution in [0.2, 0.25) is 0 Å². The van der Waals surface area contributed by atoms with Gasteiger partial charge in [-0.25, -0.2) is 4.79 Å². The van der Waals surface area contributed by atoms with E-state index in [9.17, 15) is 14.7 Å². The van der Waals surface area contributed by atoms with Crippen molar-refractivity contribution >= 4 is 11.9 Å². The van der Waals surface area contributed by atoms with Gasteiger partial charge in [0, 0.05) is 24.1 Å². The van der Waals surface area contributed by atoms with Crippen molar-refractivity contribution in [1.82, 2.24) is 4.90 Å². The molecule has 3 atom stereocenters. The van der Waals surface area contributed by atoms with Gasteiger partial charge in [0.15, 0.2) is 12.4 Å². The molecule has 1 aliphatic rings. The number of rotatable bonds is 19. The van der Waals surface area contributed by atoms with Crippen LogP contribution >= 0.6 is 0 Å². The summed E-state index contributed by atoms with van der Waals surface area (Å²) in [6.45, 7) is 3.40. The highest BCUT2D eigenvalue weighted by Crippen LogP contribution is 2.29. The zero-order valence-electron chi connectivity index (χ0n) is 24.0. The predicted molar refractivity (Wildman–Crippen MR) is 149 cm³/mol. The fourth-order valence-corrected chi connectivity index (χ4v) is 5.12. The van der Waals surface area contributed by atoms with E-state index < -0.39 is 12.2 Å². The normalized spacial score (nSPS) is 17.5. The van der Waals surface area contributed by atoms with Crippen molar-refractivity contribution in [2.24, 2.45) is 0 Å². The number of carbonyl (C=O) groups excluding carboxylic acids is 2. The van der Waals surface area contributed by atoms with Gasteiger partial charge < -0.3 is 14.6 Å². The minimum atomic E-state index is -0.700. The van der Waals surface area contributed by atoms with E-state index >= 15 is 0 Å². The lowest BCUT2D eigenvalue weighted by Gasteiger charge is -2.22. The lowest BCUT2D eigenvalue weighted by molar-refractivity contribution is -0.686. The van der Waals surface area contributed by atoms with Crippen LogP contribution in [0.25, 0.3) is 0 Å². The van der Waals surface area contributed by atoms with Gasteiger partial charge in [-0.1, -0.05) is 51.2 Å². The maximum atomic E-state index is 12.8. The zero-order valence-corrected chi connectivity index (χ0v) is 24.0. The molecule has 1 aromatic heterocycles. The van der Waals surface area contributed by atoms with Gasteiger partial charge in [-0.3, -0.25) is 9.69 Å². The number of ether oxygens (including phenoxy) is 2. The number of allylic oxidation sites excluding steroid dienone is 1. The molecule has 1 fully saturated rings. The third-order valence-corrected chi connectivity index (χ3v) is 7.43. The molecule has 2 rings (SSSR count). The number of hydrogen-bond acceptors (Lipinski definition) is 6. The molecule has 0 spiro atoms. The second-order valence-electron chi connectivity index (χ2n) is 10.6. The maximum absolute atomic E-state index is 12.8. The molecular formula is C31H51N2O5+. The molecule has 7 nitrogen and oxygen atoms in total. The Kier molecular flexibility index (Phi) is 15.9. The van der Waals surface area contributed by atoms with Crippen molar-refractivity contribution in [1.29, 1.82) is 0 Å². The van der Waals surface area contributed by atoms with Crippen LogP contribution in [0.15, 0.2) is 36.7 Å². The zero-order chi connectivity index (χ0) is 27.6. The molecule has 0 amide bonds. The Bertz CT molecular complexity index is 843. The van der Waals surface area contributed by atoms with E-state index in [1.54, 1.807) is 0 Å². The smallest absolute Gasteiger partial charge is 0.373 e. The first kappa shape index (κ1) is 32.0. The summed E-state index contributed by atoms with van der Waals surface area (Å²) in [6.07, 6.45) is 20.2. The van der Waals surface area contributed by atoms with E-state index in [1.807, 2.05) is 22.9 Å². The van der Waals surface area contributed by atoms with E-state index in [4.69, 9.17) is 4.74 Å². The minimum Gasteiger partial charge on any atom is -0.469 e. The number of likely N-dealkylation sites (tertiary alicyclic amines) is 1. The number of aliphatic hydroxyl groups is 1. The van der Waals surface area contributed by atoms with Gasteiger partial charge in [-0.2, -0.15) is 4.57 Å². The summed E-state index contributed by atoms with van der Waals surface area (Å²) < 4.78 is 12.4. The number of carbonyl (C=O) groups is 2. The van der Waals surface area contributed by atoms with Gasteiger partial charge in [0.2, 0.25) is 6.54 Å². The van der Waals surface area contributed by atoms with Gasteiger partial charge in [-0.15, -0.1) is 0 Å². The highest BCUT2D eigenvalue weighted by Gasteiger charge is 2.26. The first-order chi connectivity index (χ1) is 18.4. The fraction of sp³-hybridized carbons (Fsp3) is 0.710. The van der Waals surface area contributed by atoms with Crippen LogP contribution < -0.4 is 4.57 Å². The Hall–Kier alpha value is -2.25. The van der Waals surface area contributed by atoms with E-state index in [1.165, 1.54) is 19.1 Å². The summed E-state index contributed by atoms with van der Waals surface area (Å²) in [6, 6.07) is 4.53. The van der Waals surface area contributed by atoms with Gasteiger partial charge in [0.05, 0.1) is 13.2 Å². The molecule has 1 aromatic rings. The van der Waals surface area contributed by atoms with Crippen LogP contribution in [0.4, 0.5) is 0 Å². The number of esters is 2. The Labute approximate surface area is 230 Å². The van der Waals surface area contributed by atoms with Crippen LogP contribution in [0.1, 0.15) is 108 Å². The second-order valence-corrected chi connectivity index (χ2v) is 10.6. The Morgan fingerprint density at radius 1 is 1.13 bits per heavy atom. The van der Waals surface area contributed by atoms with Crippen molar-refractivity contribution in [2.45, 2.75) is 122 Å². The third-order valence-electron chi connectivity index (χ3n) is 7.43. The molecule has 214 valence electrons. The quantitative estimate of drug-likeness (QED) is 0.111. The Morgan fingerprint density at radius 2 is 1.92 bits per heavy atom. The fourth-order valence-electron chi connectivity index (χ4n) is 5.12. The molecule has 1 saturated heterocycles. The van der Waals surface area contributed by atoms with Crippen LogP contribution in [0.5, 0.6) is 0 Å². The number of methoxy groups -OCH3 is 1. The number of aromatic nitrogens is 1. The molecule has 1 aliphatic heterocycles. The van der Waals surface area contributed by atoms with Crippen molar-refractivity contribution in [2.75, 3.05) is 20.7 Å². The maximum Gasteiger partial charge on any atom is 0.373 e. The van der Waals surface area contributed by atoms with Crippen molar-refractivity contribution in [3.63, 3.8) is 0 Å². The molecule has 7 heteroatoms. The Morgan fingerprint density at radius 3 is 2.66 bits per heavy atom. The number of hydrogen-bond donors (Lipinski definition) is 1. The van der Waals surface area contributed by atoms with Crippen molar-refractivity contribution in [3.8, 4) is 0 Å². The molecule has 2 heterocycles. The lowest BCUT2D eigenvalue weighted by Crippen LogP contribution is -2.41. The van der Waals surface area contributed by atoms with Crippen LogP contribution in [0, 0.1) is 0 Å². The Balaban J connectivity index is 1.76. The highest BCUT2D eigenvalue weighted by molar-refractivity contribution is 5.69. The third kappa shape index (κ3) is 12.5. The van der Waals surface area contributed by atoms with Crippen LogP contribution in [-0.2, 0) is 25.6 Å². The average molecular weight is 532 g/mol. The predicted octanol–water partition coefficient (Wildman–Crippen LogP) is 5.44. The summed E-state index contributed by atoms with van der Waals surface area (Å²) >= 11 is 0. The number of pyridine rings is 1. The molecule has 0 saturated carbocycles. The topological polar surface area (TPSA) is 80.0 Å². The SMILES string of the molecule is CCCCCC(OC(=O)C[n+]1cccc(C2CCCN2C)c1)C(O)CC=CCCCCCCCC(=O)OC. The van der Waals surface area contributed by atoms with Crippen LogP contribution in [0.3, 0.4) is 0 Å². The van der Waals surface area contributed by atoms with Gasteiger partial charge in [0.1, 0.15) is 6.10 Å². The van der Waals surface area contributed by atoms with Crippen LogP contribution in [-0.4, -0.2) is 54.9 Å². The minimum absolute atomic E-state index is 0.134. The average Bonchev–Trinajstić information content (AvgIpc) is 3.34. The van der Waals surface area contributed by atoms with Gasteiger partial charge >= 0.3 is 11.9 Å². The highest BCUT2D eigenvalue weighted by atomic mass is 16.6. The molecule has 1 N–H and O–H groups in total. The van der Waals surface area contributed by atoms with E-state index in [0.29, 0.717) is 25.3 Å². The number of aliphatic hydroxyl groups excluding tert-OH is 1. The first-order valence-electron chi connectivity index (χ1n) is 14.7. The second kappa shape index (κ2) is 18.9. The summed E-state index contributed by atoms with van der Waals surface area (Å²) in [4.78, 5) is 26.3. The number of unbranched alkanes of at least 4 members (excludes halogenated alkanes) is 7. The van der Waals surface area contributed by atoms with Gasteiger partial charge in [-0.05, 0) is 71.0 Å². The summed E-state index contributed by atoms with van der Waals surface area (Å²) in [5.74, 6) is -0.436. The van der Waals surface area contributed by atoms with E-state index in [-0.39, 0.29) is 18.5 Å². The molecule has 0 radical (unpaired) electrons. The molecular weight excluding hydrogens is 480 g/mol. The molecule has 0 aliphatic carbocycles. The summed E-state index contributed by atoms with van der Waals surface area (Å²) in [7, 11) is 3.58.